The van der Waals surface area contributed by atoms with Crippen LogP contribution < -0.4 is 5.32 Å². The third kappa shape index (κ3) is 3.67. The molecule has 6 rings (SSSR count). The maximum atomic E-state index is 13.3. The highest BCUT2D eigenvalue weighted by molar-refractivity contribution is 5.91. The van der Waals surface area contributed by atoms with Crippen molar-refractivity contribution in [1.29, 1.82) is 0 Å². The van der Waals surface area contributed by atoms with Gasteiger partial charge in [0.05, 0.1) is 18.6 Å². The monoisotopic (exact) mass is 476 g/mol. The molecule has 2 N–H and O–H groups in total. The van der Waals surface area contributed by atoms with Crippen molar-refractivity contribution in [3.63, 3.8) is 0 Å². The largest absolute Gasteiger partial charge is 0.480 e. The highest BCUT2D eigenvalue weighted by Crippen LogP contribution is 2.64. The zero-order valence-corrected chi connectivity index (χ0v) is 19.3. The number of hydrogen-bond acceptors (Lipinski definition) is 5. The highest BCUT2D eigenvalue weighted by atomic mass is 16.5. The molecule has 182 valence electrons. The third-order valence-corrected chi connectivity index (χ3v) is 8.18. The number of nitrogens with one attached hydrogen (secondary N) is 1. The maximum absolute atomic E-state index is 13.3. The molecule has 2 saturated carbocycles. The molecule has 2 aromatic rings. The van der Waals surface area contributed by atoms with E-state index in [-0.39, 0.29) is 43.5 Å². The van der Waals surface area contributed by atoms with Crippen LogP contribution in [0, 0.1) is 11.3 Å². The van der Waals surface area contributed by atoms with Gasteiger partial charge in [-0.1, -0.05) is 48.5 Å². The van der Waals surface area contributed by atoms with E-state index in [9.17, 15) is 19.5 Å². The van der Waals surface area contributed by atoms with Crippen molar-refractivity contribution < 1.29 is 29.0 Å². The molecule has 3 fully saturated rings. The van der Waals surface area contributed by atoms with Crippen molar-refractivity contribution in [2.45, 2.75) is 37.3 Å². The number of amides is 2. The molecular formula is C27H28N2O6. The van der Waals surface area contributed by atoms with Gasteiger partial charge in [-0.25, -0.2) is 9.59 Å². The van der Waals surface area contributed by atoms with Gasteiger partial charge in [-0.2, -0.15) is 0 Å². The van der Waals surface area contributed by atoms with Crippen LogP contribution in [0.2, 0.25) is 0 Å². The van der Waals surface area contributed by atoms with E-state index in [1.165, 1.54) is 16.0 Å². The predicted octanol–water partition coefficient (Wildman–Crippen LogP) is 3.01. The zero-order chi connectivity index (χ0) is 24.2. The number of rotatable bonds is 5. The lowest BCUT2D eigenvalue weighted by atomic mass is 9.98. The molecule has 3 aliphatic carbocycles. The second-order valence-electron chi connectivity index (χ2n) is 10.1. The summed E-state index contributed by atoms with van der Waals surface area (Å²) in [6, 6.07) is 15.3. The number of carboxylic acids is 1. The molecule has 8 heteroatoms. The van der Waals surface area contributed by atoms with Gasteiger partial charge in [-0.15, -0.1) is 0 Å². The van der Waals surface area contributed by atoms with Crippen molar-refractivity contribution >= 4 is 18.0 Å². The number of morpholine rings is 1. The van der Waals surface area contributed by atoms with Crippen LogP contribution in [-0.4, -0.2) is 66.4 Å². The Balaban J connectivity index is 1.07. The van der Waals surface area contributed by atoms with Crippen LogP contribution in [0.5, 0.6) is 0 Å². The van der Waals surface area contributed by atoms with Crippen molar-refractivity contribution in [1.82, 2.24) is 10.2 Å². The first-order valence-corrected chi connectivity index (χ1v) is 12.2. The minimum absolute atomic E-state index is 0.00711. The normalized spacial score (nSPS) is 28.6. The molecule has 8 nitrogen and oxygen atoms in total. The first kappa shape index (κ1) is 22.1. The SMILES string of the molecule is O=C(N[C@H]1C[C@@H]2C[C@]2(C(=O)N2CCOCC2C(=O)O)C1)OCC1c2ccccc2-c2ccccc21. The average molecular weight is 477 g/mol. The third-order valence-electron chi connectivity index (χ3n) is 8.18. The number of fused-ring (bicyclic) bond motifs is 4. The lowest BCUT2D eigenvalue weighted by Crippen LogP contribution is -2.55. The molecule has 4 aliphatic rings. The van der Waals surface area contributed by atoms with Crippen molar-refractivity contribution in [3.8, 4) is 11.1 Å². The van der Waals surface area contributed by atoms with E-state index >= 15 is 0 Å². The molecule has 1 heterocycles. The van der Waals surface area contributed by atoms with Gasteiger partial charge in [0.15, 0.2) is 6.04 Å². The number of alkyl carbamates (subject to hydrolysis) is 1. The van der Waals surface area contributed by atoms with Crippen LogP contribution in [0.15, 0.2) is 48.5 Å². The Morgan fingerprint density at radius 3 is 2.43 bits per heavy atom. The molecule has 2 amide bonds. The Morgan fingerprint density at radius 2 is 1.74 bits per heavy atom. The minimum Gasteiger partial charge on any atom is -0.480 e. The summed E-state index contributed by atoms with van der Waals surface area (Å²) in [6.07, 6.45) is 1.50. The molecule has 1 saturated heterocycles. The van der Waals surface area contributed by atoms with Crippen LogP contribution in [0.1, 0.15) is 36.3 Å². The summed E-state index contributed by atoms with van der Waals surface area (Å²) in [7, 11) is 0. The summed E-state index contributed by atoms with van der Waals surface area (Å²) in [4.78, 5) is 39.1. The molecule has 0 aromatic heterocycles. The fourth-order valence-electron chi connectivity index (χ4n) is 6.41. The molecular weight excluding hydrogens is 448 g/mol. The first-order valence-electron chi connectivity index (χ1n) is 12.2. The lowest BCUT2D eigenvalue weighted by Gasteiger charge is -2.35. The van der Waals surface area contributed by atoms with Crippen LogP contribution in [0.4, 0.5) is 4.79 Å². The Bertz CT molecular complexity index is 1150. The molecule has 0 spiro atoms. The molecule has 4 atom stereocenters. The van der Waals surface area contributed by atoms with Gasteiger partial charge in [-0.05, 0) is 47.4 Å². The molecule has 1 aliphatic heterocycles. The van der Waals surface area contributed by atoms with E-state index in [1.807, 2.05) is 24.3 Å². The summed E-state index contributed by atoms with van der Waals surface area (Å²) >= 11 is 0. The fraction of sp³-hybridized carbons (Fsp3) is 0.444. The van der Waals surface area contributed by atoms with Gasteiger partial charge in [0.25, 0.3) is 0 Å². The van der Waals surface area contributed by atoms with Gasteiger partial charge >= 0.3 is 12.1 Å². The van der Waals surface area contributed by atoms with E-state index in [4.69, 9.17) is 9.47 Å². The van der Waals surface area contributed by atoms with Crippen LogP contribution in [0.3, 0.4) is 0 Å². The number of aliphatic carboxylic acids is 1. The van der Waals surface area contributed by atoms with Gasteiger partial charge in [-0.3, -0.25) is 4.79 Å². The molecule has 0 radical (unpaired) electrons. The van der Waals surface area contributed by atoms with E-state index in [0.29, 0.717) is 19.4 Å². The Kier molecular flexibility index (Phi) is 5.29. The van der Waals surface area contributed by atoms with E-state index < -0.39 is 23.5 Å². The highest BCUT2D eigenvalue weighted by Gasteiger charge is 2.66. The summed E-state index contributed by atoms with van der Waals surface area (Å²) < 4.78 is 10.9. The first-order chi connectivity index (χ1) is 17.0. The number of nitrogens with zero attached hydrogens (tertiary/aromatic N) is 1. The van der Waals surface area contributed by atoms with Gasteiger partial charge in [0.2, 0.25) is 5.91 Å². The summed E-state index contributed by atoms with van der Waals surface area (Å²) in [5.74, 6) is -0.994. The second-order valence-corrected chi connectivity index (χ2v) is 10.1. The number of carbonyl (C=O) groups excluding carboxylic acids is 2. The number of benzene rings is 2. The minimum atomic E-state index is -1.04. The number of hydrogen-bond donors (Lipinski definition) is 2. The smallest absolute Gasteiger partial charge is 0.407 e. The molecule has 35 heavy (non-hydrogen) atoms. The second kappa shape index (κ2) is 8.37. The number of carboxylic acid groups (broad SMARTS) is 1. The maximum Gasteiger partial charge on any atom is 0.407 e. The standard InChI is InChI=1S/C27H28N2O6/c30-24(31)23-15-34-10-9-29(23)25(32)27-12-16(27)11-17(13-27)28-26(33)35-14-22-20-7-3-1-5-18(20)19-6-2-4-8-21(19)22/h1-8,16-17,22-23H,9-15H2,(H,28,33)(H,30,31)/t16-,17+,23?,27+/m1/s1. The van der Waals surface area contributed by atoms with Crippen LogP contribution in [0.25, 0.3) is 11.1 Å². The summed E-state index contributed by atoms with van der Waals surface area (Å²) in [6.45, 7) is 0.893. The van der Waals surface area contributed by atoms with Gasteiger partial charge < -0.3 is 24.8 Å². The quantitative estimate of drug-likeness (QED) is 0.688. The Morgan fingerprint density at radius 1 is 1.06 bits per heavy atom. The van der Waals surface area contributed by atoms with Crippen molar-refractivity contribution in [2.75, 3.05) is 26.4 Å². The summed E-state index contributed by atoms with van der Waals surface area (Å²) in [5.41, 5.74) is 4.11. The fourth-order valence-corrected chi connectivity index (χ4v) is 6.41. The van der Waals surface area contributed by atoms with E-state index in [2.05, 4.69) is 29.6 Å². The van der Waals surface area contributed by atoms with Crippen molar-refractivity contribution in [3.05, 3.63) is 59.7 Å². The Labute approximate surface area is 203 Å². The molecule has 2 aromatic carbocycles. The van der Waals surface area contributed by atoms with Crippen LogP contribution in [-0.2, 0) is 19.1 Å². The van der Waals surface area contributed by atoms with Gasteiger partial charge in [0.1, 0.15) is 6.61 Å². The predicted molar refractivity (Wildman–Crippen MR) is 126 cm³/mol. The number of carbonyl (C=O) groups is 3. The summed E-state index contributed by atoms with van der Waals surface area (Å²) in [5, 5.41) is 12.4. The zero-order valence-electron chi connectivity index (χ0n) is 19.3. The van der Waals surface area contributed by atoms with Gasteiger partial charge in [0, 0.05) is 18.5 Å². The van der Waals surface area contributed by atoms with Crippen LogP contribution >= 0.6 is 0 Å². The van der Waals surface area contributed by atoms with E-state index in [1.54, 1.807) is 0 Å². The Hall–Kier alpha value is -3.39. The topological polar surface area (TPSA) is 105 Å². The lowest BCUT2D eigenvalue weighted by molar-refractivity contribution is -0.161. The van der Waals surface area contributed by atoms with Crippen molar-refractivity contribution in [2.24, 2.45) is 11.3 Å². The average Bonchev–Trinajstić information content (AvgIpc) is 3.30. The molecule has 0 bridgehead atoms. The molecule has 1 unspecified atom stereocenters. The van der Waals surface area contributed by atoms with E-state index in [0.717, 1.165) is 17.5 Å². The number of ether oxygens (including phenoxy) is 2.